The van der Waals surface area contributed by atoms with Crippen LogP contribution in [0.1, 0.15) is 25.9 Å². The summed E-state index contributed by atoms with van der Waals surface area (Å²) in [5.74, 6) is -0.288. The first-order valence-corrected chi connectivity index (χ1v) is 9.10. The van der Waals surface area contributed by atoms with Crippen molar-refractivity contribution in [2.24, 2.45) is 0 Å². The molecule has 4 aromatic heterocycles. The van der Waals surface area contributed by atoms with E-state index in [-0.39, 0.29) is 5.91 Å². The van der Waals surface area contributed by atoms with Crippen LogP contribution in [0.3, 0.4) is 0 Å². The predicted octanol–water partition coefficient (Wildman–Crippen LogP) is 3.98. The predicted molar refractivity (Wildman–Crippen MR) is 97.2 cm³/mol. The van der Waals surface area contributed by atoms with E-state index < -0.39 is 0 Å². The van der Waals surface area contributed by atoms with Gasteiger partial charge in [-0.3, -0.25) is 10.1 Å². The van der Waals surface area contributed by atoms with Crippen molar-refractivity contribution in [1.29, 1.82) is 0 Å². The molecule has 0 aliphatic heterocycles. The third kappa shape index (κ3) is 2.92. The molecule has 0 saturated carbocycles. The lowest BCUT2D eigenvalue weighted by molar-refractivity contribution is 0.102. The van der Waals surface area contributed by atoms with Gasteiger partial charge < -0.3 is 4.52 Å². The van der Waals surface area contributed by atoms with Gasteiger partial charge in [-0.2, -0.15) is 0 Å². The van der Waals surface area contributed by atoms with Crippen molar-refractivity contribution < 1.29 is 9.32 Å². The van der Waals surface area contributed by atoms with Crippen LogP contribution in [0, 0.1) is 20.8 Å². The van der Waals surface area contributed by atoms with Crippen LogP contribution in [0.5, 0.6) is 0 Å². The van der Waals surface area contributed by atoms with Crippen molar-refractivity contribution >= 4 is 44.8 Å². The molecular formula is C16H13N5O2S2. The molecule has 4 aromatic rings. The number of pyridine rings is 1. The Balaban J connectivity index is 1.82. The number of rotatable bonds is 3. The molecule has 0 aliphatic carbocycles. The van der Waals surface area contributed by atoms with Gasteiger partial charge >= 0.3 is 0 Å². The maximum atomic E-state index is 12.8. The van der Waals surface area contributed by atoms with E-state index in [4.69, 9.17) is 4.52 Å². The summed E-state index contributed by atoms with van der Waals surface area (Å²) in [6.45, 7) is 5.64. The van der Waals surface area contributed by atoms with Crippen LogP contribution in [-0.2, 0) is 0 Å². The van der Waals surface area contributed by atoms with E-state index in [9.17, 15) is 4.79 Å². The Morgan fingerprint density at radius 1 is 1.16 bits per heavy atom. The molecule has 7 nitrogen and oxygen atoms in total. The first-order valence-electron chi connectivity index (χ1n) is 7.46. The maximum absolute atomic E-state index is 12.8. The molecule has 4 rings (SSSR count). The first kappa shape index (κ1) is 15.9. The highest BCUT2D eigenvalue weighted by Gasteiger charge is 2.20. The van der Waals surface area contributed by atoms with Crippen molar-refractivity contribution in [1.82, 2.24) is 20.3 Å². The van der Waals surface area contributed by atoms with Gasteiger partial charge in [0.1, 0.15) is 5.01 Å². The van der Waals surface area contributed by atoms with Crippen molar-refractivity contribution in [2.45, 2.75) is 20.8 Å². The van der Waals surface area contributed by atoms with Gasteiger partial charge in [0.2, 0.25) is 5.13 Å². The fraction of sp³-hybridized carbons (Fsp3) is 0.188. The quantitative estimate of drug-likeness (QED) is 0.585. The van der Waals surface area contributed by atoms with Gasteiger partial charge in [0.05, 0.1) is 27.2 Å². The molecule has 126 valence electrons. The molecule has 9 heteroatoms. The minimum atomic E-state index is -0.288. The van der Waals surface area contributed by atoms with E-state index in [0.717, 1.165) is 9.88 Å². The number of carbonyl (C=O) groups is 1. The van der Waals surface area contributed by atoms with E-state index in [1.807, 2.05) is 26.0 Å². The number of aromatic nitrogens is 4. The summed E-state index contributed by atoms with van der Waals surface area (Å²) in [4.78, 5) is 19.5. The molecule has 0 bridgehead atoms. The highest BCUT2D eigenvalue weighted by atomic mass is 32.1. The molecular weight excluding hydrogens is 358 g/mol. The zero-order chi connectivity index (χ0) is 17.6. The number of nitrogens with one attached hydrogen (secondary N) is 1. The molecule has 0 spiro atoms. The number of hydrogen-bond donors (Lipinski definition) is 1. The third-order valence-corrected chi connectivity index (χ3v) is 5.38. The fourth-order valence-corrected chi connectivity index (χ4v) is 3.90. The second-order valence-corrected chi connectivity index (χ2v) is 7.96. The summed E-state index contributed by atoms with van der Waals surface area (Å²) in [5, 5.41) is 16.4. The maximum Gasteiger partial charge on any atom is 0.259 e. The van der Waals surface area contributed by atoms with Crippen LogP contribution < -0.4 is 5.32 Å². The highest BCUT2D eigenvalue weighted by Crippen LogP contribution is 2.31. The molecule has 0 unspecified atom stereocenters. The molecule has 1 amide bonds. The largest absolute Gasteiger partial charge is 0.335 e. The van der Waals surface area contributed by atoms with Crippen LogP contribution in [-0.4, -0.2) is 26.2 Å². The highest BCUT2D eigenvalue weighted by molar-refractivity contribution is 7.15. The van der Waals surface area contributed by atoms with Crippen LogP contribution >= 0.6 is 22.7 Å². The Kier molecular flexibility index (Phi) is 3.81. The van der Waals surface area contributed by atoms with Gasteiger partial charge in [-0.25, -0.2) is 4.98 Å². The number of aryl methyl sites for hydroxylation is 3. The summed E-state index contributed by atoms with van der Waals surface area (Å²) in [6.07, 6.45) is 0. The van der Waals surface area contributed by atoms with E-state index in [1.54, 1.807) is 24.3 Å². The molecule has 4 heterocycles. The van der Waals surface area contributed by atoms with E-state index in [2.05, 4.69) is 25.7 Å². The normalized spacial score (nSPS) is 11.2. The topological polar surface area (TPSA) is 93.8 Å². The summed E-state index contributed by atoms with van der Waals surface area (Å²) < 4.78 is 5.30. The van der Waals surface area contributed by atoms with Gasteiger partial charge in [0.25, 0.3) is 11.6 Å². The Hall–Kier alpha value is -2.65. The second-order valence-electron chi connectivity index (χ2n) is 5.49. The Morgan fingerprint density at radius 2 is 2.00 bits per heavy atom. The molecule has 25 heavy (non-hydrogen) atoms. The number of anilines is 1. The van der Waals surface area contributed by atoms with Crippen molar-refractivity contribution in [2.75, 3.05) is 5.32 Å². The molecule has 0 atom stereocenters. The Bertz CT molecular complexity index is 1100. The lowest BCUT2D eigenvalue weighted by Gasteiger charge is -2.05. The SMILES string of the molecule is Cc1ccc(-c2cc(C(=O)Nc3nnc(C)s3)c3c(C)noc3n2)s1. The number of fused-ring (bicyclic) bond motifs is 1. The zero-order valence-corrected chi connectivity index (χ0v) is 15.3. The van der Waals surface area contributed by atoms with Crippen LogP contribution in [0.25, 0.3) is 21.7 Å². The molecule has 0 aliphatic rings. The van der Waals surface area contributed by atoms with Crippen molar-refractivity contribution in [3.63, 3.8) is 0 Å². The van der Waals surface area contributed by atoms with Gasteiger partial charge in [0, 0.05) is 4.88 Å². The smallest absolute Gasteiger partial charge is 0.259 e. The fourth-order valence-electron chi connectivity index (χ4n) is 2.48. The molecule has 0 fully saturated rings. The number of thiophene rings is 1. The molecule has 0 saturated heterocycles. The summed E-state index contributed by atoms with van der Waals surface area (Å²) in [6, 6.07) is 5.76. The summed E-state index contributed by atoms with van der Waals surface area (Å²) in [7, 11) is 0. The average Bonchev–Trinajstić information content (AvgIpc) is 3.28. The van der Waals surface area contributed by atoms with Crippen LogP contribution in [0.15, 0.2) is 22.7 Å². The lowest BCUT2D eigenvalue weighted by atomic mass is 10.1. The van der Waals surface area contributed by atoms with E-state index in [0.29, 0.717) is 33.2 Å². The van der Waals surface area contributed by atoms with Gasteiger partial charge in [-0.1, -0.05) is 16.5 Å². The number of carbonyl (C=O) groups excluding carboxylic acids is 1. The monoisotopic (exact) mass is 371 g/mol. The molecule has 0 radical (unpaired) electrons. The zero-order valence-electron chi connectivity index (χ0n) is 13.7. The third-order valence-electron chi connectivity index (χ3n) is 3.60. The average molecular weight is 371 g/mol. The number of nitrogens with zero attached hydrogens (tertiary/aromatic N) is 4. The first-order chi connectivity index (χ1) is 12.0. The Morgan fingerprint density at radius 3 is 2.68 bits per heavy atom. The Labute approximate surface area is 150 Å². The van der Waals surface area contributed by atoms with Gasteiger partial charge in [-0.15, -0.1) is 21.5 Å². The number of hydrogen-bond acceptors (Lipinski definition) is 8. The van der Waals surface area contributed by atoms with Crippen LogP contribution in [0.2, 0.25) is 0 Å². The summed E-state index contributed by atoms with van der Waals surface area (Å²) in [5.41, 5.74) is 2.10. The van der Waals surface area contributed by atoms with Gasteiger partial charge in [0.15, 0.2) is 0 Å². The minimum Gasteiger partial charge on any atom is -0.335 e. The number of amides is 1. The van der Waals surface area contributed by atoms with E-state index in [1.165, 1.54) is 16.2 Å². The summed E-state index contributed by atoms with van der Waals surface area (Å²) >= 11 is 2.93. The second kappa shape index (κ2) is 6.01. The van der Waals surface area contributed by atoms with Crippen LogP contribution in [0.4, 0.5) is 5.13 Å². The van der Waals surface area contributed by atoms with Crippen molar-refractivity contribution in [3.05, 3.63) is 39.3 Å². The van der Waals surface area contributed by atoms with E-state index >= 15 is 0 Å². The molecule has 1 N–H and O–H groups in total. The lowest BCUT2D eigenvalue weighted by Crippen LogP contribution is -2.13. The van der Waals surface area contributed by atoms with Crippen molar-refractivity contribution in [3.8, 4) is 10.6 Å². The standard InChI is InChI=1S/C16H13N5O2S2/c1-7-4-5-12(24-7)11-6-10(13-8(2)21-23-15(13)17-11)14(22)18-16-20-19-9(3)25-16/h4-6H,1-3H3,(H,18,20,22). The van der Waals surface area contributed by atoms with Gasteiger partial charge in [-0.05, 0) is 39.0 Å². The minimum absolute atomic E-state index is 0.288. The molecule has 0 aromatic carbocycles.